The summed E-state index contributed by atoms with van der Waals surface area (Å²) in [6.45, 7) is 1.98. The lowest BCUT2D eigenvalue weighted by Gasteiger charge is -2.17. The van der Waals surface area contributed by atoms with Crippen LogP contribution in [0.2, 0.25) is 0 Å². The molecule has 1 aromatic carbocycles. The number of aliphatic hydroxyl groups is 1. The number of hydrogen-bond donors (Lipinski definition) is 2. The summed E-state index contributed by atoms with van der Waals surface area (Å²) < 4.78 is 28.1. The number of halogens is 2. The highest BCUT2D eigenvalue weighted by Crippen LogP contribution is 2.18. The molecule has 2 aromatic rings. The predicted molar refractivity (Wildman–Crippen MR) is 68.7 cm³/mol. The molecule has 0 bridgehead atoms. The number of aryl methyl sites for hydroxylation is 1. The summed E-state index contributed by atoms with van der Waals surface area (Å²) in [6, 6.07) is 2.96. The third-order valence-corrected chi connectivity index (χ3v) is 3.07. The molecule has 2 unspecified atom stereocenters. The summed E-state index contributed by atoms with van der Waals surface area (Å²) in [6.07, 6.45) is 0.509. The molecule has 5 nitrogen and oxygen atoms in total. The minimum Gasteiger partial charge on any atom is -0.387 e. The fraction of sp³-hybridized carbons (Fsp3) is 0.385. The van der Waals surface area contributed by atoms with Gasteiger partial charge in [-0.25, -0.2) is 8.78 Å². The van der Waals surface area contributed by atoms with E-state index in [9.17, 15) is 13.9 Å². The number of benzene rings is 1. The van der Waals surface area contributed by atoms with Gasteiger partial charge in [-0.3, -0.25) is 0 Å². The van der Waals surface area contributed by atoms with E-state index < -0.39 is 17.7 Å². The van der Waals surface area contributed by atoms with Crippen LogP contribution < -0.4 is 5.32 Å². The molecule has 0 saturated carbocycles. The Kier molecular flexibility index (Phi) is 4.41. The average Bonchev–Trinajstić information content (AvgIpc) is 2.82. The van der Waals surface area contributed by atoms with Crippen molar-refractivity contribution in [2.24, 2.45) is 7.05 Å². The second-order valence-electron chi connectivity index (χ2n) is 4.61. The van der Waals surface area contributed by atoms with E-state index in [0.29, 0.717) is 5.82 Å². The van der Waals surface area contributed by atoms with Crippen LogP contribution in [-0.2, 0) is 7.05 Å². The number of aliphatic hydroxyl groups excluding tert-OH is 1. The van der Waals surface area contributed by atoms with E-state index in [1.165, 1.54) is 6.07 Å². The number of nitrogens with zero attached hydrogens (tertiary/aromatic N) is 3. The van der Waals surface area contributed by atoms with E-state index in [2.05, 4.69) is 15.5 Å². The largest absolute Gasteiger partial charge is 0.387 e. The molecule has 0 aliphatic carbocycles. The molecule has 2 rings (SSSR count). The molecule has 0 fully saturated rings. The van der Waals surface area contributed by atoms with Crippen molar-refractivity contribution in [3.05, 3.63) is 47.5 Å². The SMILES string of the molecule is CC(NCC(O)c1ccc(F)cc1F)c1nncn1C. The normalized spacial score (nSPS) is 14.2. The Morgan fingerprint density at radius 1 is 1.40 bits per heavy atom. The Labute approximate surface area is 115 Å². The first-order valence-electron chi connectivity index (χ1n) is 6.19. The average molecular weight is 282 g/mol. The summed E-state index contributed by atoms with van der Waals surface area (Å²) >= 11 is 0. The van der Waals surface area contributed by atoms with Crippen LogP contribution in [0.5, 0.6) is 0 Å². The van der Waals surface area contributed by atoms with Crippen LogP contribution in [0.15, 0.2) is 24.5 Å². The first-order chi connectivity index (χ1) is 9.49. The van der Waals surface area contributed by atoms with Crippen LogP contribution in [-0.4, -0.2) is 26.4 Å². The molecule has 0 saturated heterocycles. The lowest BCUT2D eigenvalue weighted by atomic mass is 10.1. The third-order valence-electron chi connectivity index (χ3n) is 3.07. The van der Waals surface area contributed by atoms with Gasteiger partial charge in [-0.05, 0) is 13.0 Å². The molecule has 0 aliphatic rings. The Morgan fingerprint density at radius 3 is 2.75 bits per heavy atom. The number of aromatic nitrogens is 3. The van der Waals surface area contributed by atoms with E-state index in [1.54, 1.807) is 10.9 Å². The van der Waals surface area contributed by atoms with Crippen LogP contribution in [0.1, 0.15) is 30.5 Å². The summed E-state index contributed by atoms with van der Waals surface area (Å²) in [4.78, 5) is 0. The Morgan fingerprint density at radius 2 is 2.15 bits per heavy atom. The quantitative estimate of drug-likeness (QED) is 0.872. The van der Waals surface area contributed by atoms with E-state index in [1.807, 2.05) is 14.0 Å². The van der Waals surface area contributed by atoms with Crippen LogP contribution in [0.25, 0.3) is 0 Å². The topological polar surface area (TPSA) is 63.0 Å². The predicted octanol–water partition coefficient (Wildman–Crippen LogP) is 1.48. The number of rotatable bonds is 5. The molecule has 0 spiro atoms. The smallest absolute Gasteiger partial charge is 0.149 e. The summed E-state index contributed by atoms with van der Waals surface area (Å²) in [5, 5.41) is 20.7. The molecule has 20 heavy (non-hydrogen) atoms. The van der Waals surface area contributed by atoms with Crippen molar-refractivity contribution >= 4 is 0 Å². The third kappa shape index (κ3) is 3.17. The van der Waals surface area contributed by atoms with Crippen molar-refractivity contribution in [2.45, 2.75) is 19.1 Å². The molecule has 2 N–H and O–H groups in total. The van der Waals surface area contributed by atoms with Gasteiger partial charge in [-0.15, -0.1) is 10.2 Å². The van der Waals surface area contributed by atoms with Gasteiger partial charge >= 0.3 is 0 Å². The molecule has 0 radical (unpaired) electrons. The van der Waals surface area contributed by atoms with Crippen LogP contribution >= 0.6 is 0 Å². The fourth-order valence-electron chi connectivity index (χ4n) is 1.95. The van der Waals surface area contributed by atoms with Gasteiger partial charge in [0.1, 0.15) is 23.8 Å². The Balaban J connectivity index is 1.98. The standard InChI is InChI=1S/C13H16F2N4O/c1-8(13-18-17-7-19(13)2)16-6-12(20)10-4-3-9(14)5-11(10)15/h3-5,7-8,12,16,20H,6H2,1-2H3. The van der Waals surface area contributed by atoms with Gasteiger partial charge in [0.2, 0.25) is 0 Å². The maximum absolute atomic E-state index is 13.5. The van der Waals surface area contributed by atoms with Gasteiger partial charge < -0.3 is 15.0 Å². The molecule has 1 aromatic heterocycles. The van der Waals surface area contributed by atoms with Crippen LogP contribution in [0, 0.1) is 11.6 Å². The highest BCUT2D eigenvalue weighted by Gasteiger charge is 2.16. The minimum atomic E-state index is -1.06. The zero-order valence-corrected chi connectivity index (χ0v) is 11.2. The summed E-state index contributed by atoms with van der Waals surface area (Å²) in [7, 11) is 1.81. The van der Waals surface area contributed by atoms with Crippen molar-refractivity contribution in [3.63, 3.8) is 0 Å². The second kappa shape index (κ2) is 6.06. The van der Waals surface area contributed by atoms with Crippen LogP contribution in [0.4, 0.5) is 8.78 Å². The highest BCUT2D eigenvalue weighted by molar-refractivity contribution is 5.21. The molecular formula is C13H16F2N4O. The Bertz CT molecular complexity index is 588. The van der Waals surface area contributed by atoms with Crippen molar-refractivity contribution in [1.29, 1.82) is 0 Å². The molecule has 0 aliphatic heterocycles. The number of nitrogens with one attached hydrogen (secondary N) is 1. The molecule has 2 atom stereocenters. The summed E-state index contributed by atoms with van der Waals surface area (Å²) in [5.41, 5.74) is 0.0593. The first-order valence-corrected chi connectivity index (χ1v) is 6.19. The first kappa shape index (κ1) is 14.5. The number of hydrogen-bond acceptors (Lipinski definition) is 4. The maximum Gasteiger partial charge on any atom is 0.149 e. The summed E-state index contributed by atoms with van der Waals surface area (Å²) in [5.74, 6) is -0.721. The van der Waals surface area contributed by atoms with Gasteiger partial charge in [0.25, 0.3) is 0 Å². The molecule has 0 amide bonds. The molecular weight excluding hydrogens is 266 g/mol. The lowest BCUT2D eigenvalue weighted by Crippen LogP contribution is -2.27. The van der Waals surface area contributed by atoms with Crippen LogP contribution in [0.3, 0.4) is 0 Å². The van der Waals surface area contributed by atoms with Gasteiger partial charge in [0, 0.05) is 25.2 Å². The van der Waals surface area contributed by atoms with E-state index in [-0.39, 0.29) is 18.2 Å². The molecule has 7 heteroatoms. The van der Waals surface area contributed by atoms with Gasteiger partial charge in [0.15, 0.2) is 0 Å². The molecule has 1 heterocycles. The van der Waals surface area contributed by atoms with E-state index >= 15 is 0 Å². The highest BCUT2D eigenvalue weighted by atomic mass is 19.1. The van der Waals surface area contributed by atoms with E-state index in [0.717, 1.165) is 12.1 Å². The van der Waals surface area contributed by atoms with Crippen molar-refractivity contribution in [1.82, 2.24) is 20.1 Å². The fourth-order valence-corrected chi connectivity index (χ4v) is 1.95. The van der Waals surface area contributed by atoms with Gasteiger partial charge in [0.05, 0.1) is 12.1 Å². The van der Waals surface area contributed by atoms with Crippen molar-refractivity contribution in [3.8, 4) is 0 Å². The molecule has 108 valence electrons. The van der Waals surface area contributed by atoms with Crippen molar-refractivity contribution in [2.75, 3.05) is 6.54 Å². The zero-order valence-electron chi connectivity index (χ0n) is 11.2. The maximum atomic E-state index is 13.5. The van der Waals surface area contributed by atoms with Gasteiger partial charge in [-0.2, -0.15) is 0 Å². The lowest BCUT2D eigenvalue weighted by molar-refractivity contribution is 0.165. The monoisotopic (exact) mass is 282 g/mol. The zero-order chi connectivity index (χ0) is 14.7. The Hall–Kier alpha value is -1.86. The van der Waals surface area contributed by atoms with Gasteiger partial charge in [-0.1, -0.05) is 6.07 Å². The van der Waals surface area contributed by atoms with E-state index in [4.69, 9.17) is 0 Å². The minimum absolute atomic E-state index is 0.0593. The second-order valence-corrected chi connectivity index (χ2v) is 4.61. The van der Waals surface area contributed by atoms with Crippen molar-refractivity contribution < 1.29 is 13.9 Å².